The zero-order chi connectivity index (χ0) is 28.2. The molecule has 0 saturated carbocycles. The summed E-state index contributed by atoms with van der Waals surface area (Å²) in [5.74, 6) is -1.05. The van der Waals surface area contributed by atoms with Crippen molar-refractivity contribution in [2.75, 3.05) is 6.54 Å². The normalized spacial score (nSPS) is 13.1. The zero-order valence-corrected chi connectivity index (χ0v) is 21.4. The summed E-state index contributed by atoms with van der Waals surface area (Å²) in [7, 11) is 0. The number of amides is 2. The van der Waals surface area contributed by atoms with Crippen molar-refractivity contribution in [1.82, 2.24) is 19.7 Å². The van der Waals surface area contributed by atoms with E-state index in [1.807, 2.05) is 0 Å². The summed E-state index contributed by atoms with van der Waals surface area (Å²) >= 11 is 18.0. The summed E-state index contributed by atoms with van der Waals surface area (Å²) in [5.41, 5.74) is 4.47. The number of nitrogens with zero attached hydrogens (tertiary/aromatic N) is 3. The highest BCUT2D eigenvalue weighted by Crippen LogP contribution is 2.31. The molecule has 0 bridgehead atoms. The van der Waals surface area contributed by atoms with Crippen molar-refractivity contribution in [3.8, 4) is 11.4 Å². The second-order valence-electron chi connectivity index (χ2n) is 7.81. The van der Waals surface area contributed by atoms with Gasteiger partial charge in [0.2, 0.25) is 5.91 Å². The average molecular weight is 597 g/mol. The van der Waals surface area contributed by atoms with Crippen LogP contribution in [0.15, 0.2) is 47.3 Å². The monoisotopic (exact) mass is 595 g/mol. The Labute approximate surface area is 227 Å². The van der Waals surface area contributed by atoms with Gasteiger partial charge in [-0.2, -0.15) is 13.2 Å². The van der Waals surface area contributed by atoms with Crippen LogP contribution in [0, 0.1) is 0 Å². The first-order valence-electron chi connectivity index (χ1n) is 10.6. The Morgan fingerprint density at radius 1 is 1.13 bits per heavy atom. The number of carbonyl (C=O) groups excluding carboxylic acids is 2. The first-order valence-corrected chi connectivity index (χ1v) is 11.8. The Kier molecular flexibility index (Phi) is 9.31. The molecule has 0 aliphatic heterocycles. The molecule has 2 amide bonds. The number of hydrogen-bond acceptors (Lipinski definition) is 6. The number of hydrogen-bond donors (Lipinski definition) is 3. The molecule has 3 rings (SSSR count). The summed E-state index contributed by atoms with van der Waals surface area (Å²) in [6.45, 7) is -2.22. The van der Waals surface area contributed by atoms with Gasteiger partial charge in [-0.15, -0.1) is 5.10 Å². The first kappa shape index (κ1) is 29.3. The lowest BCUT2D eigenvalue weighted by atomic mass is 10.1. The average Bonchev–Trinajstić information content (AvgIpc) is 3.13. The molecule has 0 saturated heterocycles. The maximum absolute atomic E-state index is 13.0. The molecule has 1 aromatic heterocycles. The van der Waals surface area contributed by atoms with Gasteiger partial charge in [0.25, 0.3) is 0 Å². The van der Waals surface area contributed by atoms with Gasteiger partial charge in [-0.05, 0) is 30.3 Å². The molecule has 0 fully saturated rings. The third kappa shape index (κ3) is 7.19. The van der Waals surface area contributed by atoms with Gasteiger partial charge >= 0.3 is 18.0 Å². The molecular weight excluding hydrogens is 578 g/mol. The molecule has 0 aliphatic carbocycles. The van der Waals surface area contributed by atoms with Crippen molar-refractivity contribution >= 4 is 46.8 Å². The van der Waals surface area contributed by atoms with Gasteiger partial charge in [0.1, 0.15) is 12.6 Å². The minimum Gasteiger partial charge on any atom is -0.440 e. The minimum atomic E-state index is -5.01. The Bertz CT molecular complexity index is 1380. The highest BCUT2D eigenvalue weighted by Gasteiger charge is 2.39. The van der Waals surface area contributed by atoms with Crippen molar-refractivity contribution in [2.24, 2.45) is 5.73 Å². The fourth-order valence-corrected chi connectivity index (χ4v) is 3.88. The quantitative estimate of drug-likeness (QED) is 0.345. The van der Waals surface area contributed by atoms with Crippen LogP contribution in [0.3, 0.4) is 0 Å². The summed E-state index contributed by atoms with van der Waals surface area (Å²) < 4.78 is 45.2. The van der Waals surface area contributed by atoms with Crippen LogP contribution in [-0.4, -0.2) is 50.3 Å². The summed E-state index contributed by atoms with van der Waals surface area (Å²) in [5, 5.41) is 16.5. The number of alkyl halides is 3. The number of nitrogens with two attached hydrogens (primary N) is 1. The number of rotatable bonds is 9. The number of nitrogens with one attached hydrogen (secondary N) is 1. The van der Waals surface area contributed by atoms with E-state index in [0.29, 0.717) is 14.3 Å². The molecule has 10 nitrogen and oxygen atoms in total. The molecule has 16 heteroatoms. The molecule has 204 valence electrons. The second kappa shape index (κ2) is 12.1. The van der Waals surface area contributed by atoms with Crippen LogP contribution in [0.25, 0.3) is 11.4 Å². The molecule has 38 heavy (non-hydrogen) atoms. The van der Waals surface area contributed by atoms with Crippen molar-refractivity contribution in [3.05, 3.63) is 73.6 Å². The molecule has 2 aromatic carbocycles. The summed E-state index contributed by atoms with van der Waals surface area (Å²) in [6, 6.07) is 10.2. The smallest absolute Gasteiger partial charge is 0.416 e. The number of ether oxygens (including phenoxy) is 1. The van der Waals surface area contributed by atoms with Gasteiger partial charge in [-0.25, -0.2) is 14.3 Å². The number of primary amides is 1. The Hall–Kier alpha value is -3.26. The topological polar surface area (TPSA) is 141 Å². The Morgan fingerprint density at radius 2 is 1.79 bits per heavy atom. The van der Waals surface area contributed by atoms with Gasteiger partial charge in [0.05, 0.1) is 23.1 Å². The highest BCUT2D eigenvalue weighted by molar-refractivity contribution is 6.42. The predicted molar refractivity (Wildman–Crippen MR) is 132 cm³/mol. The second-order valence-corrected chi connectivity index (χ2v) is 9.03. The highest BCUT2D eigenvalue weighted by atomic mass is 35.5. The zero-order valence-electron chi connectivity index (χ0n) is 19.1. The maximum atomic E-state index is 13.0. The van der Waals surface area contributed by atoms with Gasteiger partial charge in [-0.1, -0.05) is 46.9 Å². The number of aromatic nitrogens is 3. The third-order valence-electron chi connectivity index (χ3n) is 5.12. The van der Waals surface area contributed by atoms with E-state index in [9.17, 15) is 32.7 Å². The molecule has 3 aromatic rings. The number of aliphatic hydroxyl groups excluding tert-OH is 1. The van der Waals surface area contributed by atoms with Gasteiger partial charge in [0.15, 0.2) is 11.9 Å². The SMILES string of the molecule is NC(=O)OC(CNC(=O)Cn1nc(-c2ccc(Cl)cc2)n(C[C@H](O)C(F)(F)F)c1=O)c1cccc(Cl)c1Cl. The number of carbonyl (C=O) groups is 2. The van der Waals surface area contributed by atoms with E-state index < -0.39 is 49.2 Å². The van der Waals surface area contributed by atoms with Crippen LogP contribution in [0.4, 0.5) is 18.0 Å². The molecular formula is C22H19Cl3F3N5O5. The summed E-state index contributed by atoms with van der Waals surface area (Å²) in [4.78, 5) is 36.9. The van der Waals surface area contributed by atoms with Crippen molar-refractivity contribution in [1.29, 1.82) is 0 Å². The van der Waals surface area contributed by atoms with Crippen molar-refractivity contribution in [2.45, 2.75) is 31.5 Å². The maximum Gasteiger partial charge on any atom is 0.416 e. The van der Waals surface area contributed by atoms with E-state index >= 15 is 0 Å². The van der Waals surface area contributed by atoms with Crippen LogP contribution in [0.5, 0.6) is 0 Å². The van der Waals surface area contributed by atoms with Crippen LogP contribution in [0.2, 0.25) is 15.1 Å². The largest absolute Gasteiger partial charge is 0.440 e. The van der Waals surface area contributed by atoms with Gasteiger partial charge in [0, 0.05) is 16.1 Å². The van der Waals surface area contributed by atoms with Crippen LogP contribution < -0.4 is 16.7 Å². The number of benzene rings is 2. The van der Waals surface area contributed by atoms with Gasteiger partial charge < -0.3 is 20.9 Å². The lowest BCUT2D eigenvalue weighted by Crippen LogP contribution is -2.39. The van der Waals surface area contributed by atoms with E-state index in [4.69, 9.17) is 45.3 Å². The molecule has 0 spiro atoms. The van der Waals surface area contributed by atoms with E-state index in [0.717, 1.165) is 0 Å². The van der Waals surface area contributed by atoms with E-state index in [-0.39, 0.29) is 33.5 Å². The summed E-state index contributed by atoms with van der Waals surface area (Å²) in [6.07, 6.45) is -10.2. The number of halogens is 6. The van der Waals surface area contributed by atoms with Crippen LogP contribution in [-0.2, 0) is 22.6 Å². The third-order valence-corrected chi connectivity index (χ3v) is 6.21. The molecule has 1 unspecified atom stereocenters. The van der Waals surface area contributed by atoms with Gasteiger partial charge in [-0.3, -0.25) is 9.36 Å². The van der Waals surface area contributed by atoms with Crippen molar-refractivity contribution in [3.63, 3.8) is 0 Å². The molecule has 4 N–H and O–H groups in total. The number of aliphatic hydroxyl groups is 1. The Morgan fingerprint density at radius 3 is 2.39 bits per heavy atom. The van der Waals surface area contributed by atoms with E-state index in [1.54, 1.807) is 0 Å². The molecule has 2 atom stereocenters. The van der Waals surface area contributed by atoms with E-state index in [2.05, 4.69) is 10.4 Å². The molecule has 1 heterocycles. The first-order chi connectivity index (χ1) is 17.8. The molecule has 0 aliphatic rings. The standard InChI is InChI=1S/C22H19Cl3F3N5O5/c23-12-6-4-11(5-7-12)19-31-33(21(37)32(19)9-16(34)22(26,27)28)10-17(35)30-8-15(38-20(29)36)13-2-1-3-14(24)18(13)25/h1-7,15-16,34H,8-10H2,(H2,29,36)(H,30,35)/t15?,16-/m0/s1. The lowest BCUT2D eigenvalue weighted by Gasteiger charge is -2.19. The van der Waals surface area contributed by atoms with Crippen molar-refractivity contribution < 1.29 is 32.6 Å². The van der Waals surface area contributed by atoms with Crippen LogP contribution >= 0.6 is 34.8 Å². The lowest BCUT2D eigenvalue weighted by molar-refractivity contribution is -0.207. The van der Waals surface area contributed by atoms with E-state index in [1.165, 1.54) is 42.5 Å². The minimum absolute atomic E-state index is 0.0560. The fraction of sp³-hybridized carbons (Fsp3) is 0.273. The Balaban J connectivity index is 1.85. The fourth-order valence-electron chi connectivity index (χ4n) is 3.32. The predicted octanol–water partition coefficient (Wildman–Crippen LogP) is 3.55. The molecule has 0 radical (unpaired) electrons. The van der Waals surface area contributed by atoms with Crippen LogP contribution in [0.1, 0.15) is 11.7 Å².